The number of benzene rings is 1. The third kappa shape index (κ3) is 3.96. The maximum Gasteiger partial charge on any atom is 0.329 e. The molecule has 0 spiro atoms. The number of hydrogen-bond acceptors (Lipinski definition) is 3. The van der Waals surface area contributed by atoms with Crippen molar-refractivity contribution in [2.45, 2.75) is 43.5 Å². The van der Waals surface area contributed by atoms with Crippen molar-refractivity contribution in [3.05, 3.63) is 29.8 Å². The van der Waals surface area contributed by atoms with E-state index in [1.54, 1.807) is 31.4 Å². The Kier molecular flexibility index (Phi) is 5.52. The molecule has 1 atom stereocenters. The van der Waals surface area contributed by atoms with Crippen LogP contribution in [0.15, 0.2) is 24.3 Å². The molecule has 1 unspecified atom stereocenters. The van der Waals surface area contributed by atoms with Crippen LogP contribution >= 0.6 is 11.6 Å². The smallest absolute Gasteiger partial charge is 0.329 e. The number of carbonyl (C=O) groups excluding carboxylic acids is 1. The molecule has 0 heterocycles. The topological polar surface area (TPSA) is 75.6 Å². The molecule has 6 heteroatoms. The van der Waals surface area contributed by atoms with E-state index in [2.05, 4.69) is 12.2 Å². The van der Waals surface area contributed by atoms with Crippen LogP contribution in [0.1, 0.15) is 43.5 Å². The SMILES string of the molecule is COc1ccc(C(Cl)C(=O)NC2(C(=O)O)CCC(C)CC2)cc1. The Hall–Kier alpha value is -1.75. The molecule has 1 saturated carbocycles. The summed E-state index contributed by atoms with van der Waals surface area (Å²) in [5, 5.41) is 11.3. The van der Waals surface area contributed by atoms with Crippen LogP contribution in [0.4, 0.5) is 0 Å². The number of methoxy groups -OCH3 is 1. The lowest BCUT2D eigenvalue weighted by atomic mass is 9.77. The number of hydrogen-bond donors (Lipinski definition) is 2. The molecule has 5 nitrogen and oxygen atoms in total. The highest BCUT2D eigenvalue weighted by atomic mass is 35.5. The van der Waals surface area contributed by atoms with Gasteiger partial charge in [-0.25, -0.2) is 4.79 Å². The normalized spacial score (nSPS) is 25.4. The predicted octanol–water partition coefficient (Wildman–Crippen LogP) is 3.12. The quantitative estimate of drug-likeness (QED) is 0.808. The molecule has 1 amide bonds. The summed E-state index contributed by atoms with van der Waals surface area (Å²) in [6.45, 7) is 2.09. The molecule has 1 fully saturated rings. The molecular formula is C17H22ClNO4. The van der Waals surface area contributed by atoms with Crippen LogP contribution in [-0.2, 0) is 9.59 Å². The molecule has 0 bridgehead atoms. The first-order valence-electron chi connectivity index (χ1n) is 7.71. The molecule has 1 aromatic carbocycles. The van der Waals surface area contributed by atoms with Crippen LogP contribution in [-0.4, -0.2) is 29.6 Å². The lowest BCUT2D eigenvalue weighted by Gasteiger charge is -2.36. The number of carboxylic acids is 1. The summed E-state index contributed by atoms with van der Waals surface area (Å²) in [4.78, 5) is 24.1. The fourth-order valence-electron chi connectivity index (χ4n) is 2.87. The first kappa shape index (κ1) is 17.6. The summed E-state index contributed by atoms with van der Waals surface area (Å²) in [5.74, 6) is -0.320. The van der Waals surface area contributed by atoms with E-state index in [-0.39, 0.29) is 0 Å². The highest BCUT2D eigenvalue weighted by molar-refractivity contribution is 6.31. The highest BCUT2D eigenvalue weighted by Gasteiger charge is 2.43. The Labute approximate surface area is 141 Å². The van der Waals surface area contributed by atoms with Gasteiger partial charge in [-0.05, 0) is 49.3 Å². The average Bonchev–Trinajstić information content (AvgIpc) is 2.56. The fourth-order valence-corrected chi connectivity index (χ4v) is 3.07. The molecule has 1 aliphatic rings. The first-order valence-corrected chi connectivity index (χ1v) is 8.15. The van der Waals surface area contributed by atoms with Gasteiger partial charge in [0.25, 0.3) is 0 Å². The summed E-state index contributed by atoms with van der Waals surface area (Å²) in [6, 6.07) is 6.83. The van der Waals surface area contributed by atoms with E-state index in [9.17, 15) is 14.7 Å². The van der Waals surface area contributed by atoms with E-state index in [1.807, 2.05) is 0 Å². The summed E-state index contributed by atoms with van der Waals surface area (Å²) in [6.07, 6.45) is 2.42. The van der Waals surface area contributed by atoms with Gasteiger partial charge in [0.2, 0.25) is 5.91 Å². The van der Waals surface area contributed by atoms with Crippen molar-refractivity contribution < 1.29 is 19.4 Å². The Morgan fingerprint density at radius 3 is 2.35 bits per heavy atom. The van der Waals surface area contributed by atoms with Crippen LogP contribution in [0.2, 0.25) is 0 Å². The van der Waals surface area contributed by atoms with Crippen molar-refractivity contribution in [2.75, 3.05) is 7.11 Å². The van der Waals surface area contributed by atoms with Gasteiger partial charge in [0.05, 0.1) is 7.11 Å². The number of carbonyl (C=O) groups is 2. The number of ether oxygens (including phenoxy) is 1. The molecule has 0 aromatic heterocycles. The highest BCUT2D eigenvalue weighted by Crippen LogP contribution is 2.33. The third-order valence-corrected chi connectivity index (χ3v) is 4.99. The molecule has 2 N–H and O–H groups in total. The number of rotatable bonds is 5. The van der Waals surface area contributed by atoms with Crippen LogP contribution in [0.5, 0.6) is 5.75 Å². The Morgan fingerprint density at radius 1 is 1.30 bits per heavy atom. The monoisotopic (exact) mass is 339 g/mol. The van der Waals surface area contributed by atoms with E-state index in [4.69, 9.17) is 16.3 Å². The zero-order valence-electron chi connectivity index (χ0n) is 13.3. The maximum absolute atomic E-state index is 12.4. The number of nitrogens with one attached hydrogen (secondary N) is 1. The Bertz CT molecular complexity index is 564. The third-order valence-electron chi connectivity index (χ3n) is 4.54. The van der Waals surface area contributed by atoms with Crippen molar-refractivity contribution in [3.8, 4) is 5.75 Å². The minimum Gasteiger partial charge on any atom is -0.497 e. The van der Waals surface area contributed by atoms with Crippen molar-refractivity contribution in [1.82, 2.24) is 5.32 Å². The summed E-state index contributed by atoms with van der Waals surface area (Å²) in [7, 11) is 1.56. The molecule has 0 saturated heterocycles. The zero-order valence-corrected chi connectivity index (χ0v) is 14.1. The molecular weight excluding hydrogens is 318 g/mol. The lowest BCUT2D eigenvalue weighted by molar-refractivity contribution is -0.149. The molecule has 2 rings (SSSR count). The number of alkyl halides is 1. The first-order chi connectivity index (χ1) is 10.9. The largest absolute Gasteiger partial charge is 0.497 e. The Balaban J connectivity index is 2.10. The zero-order chi connectivity index (χ0) is 17.0. The van der Waals surface area contributed by atoms with Crippen LogP contribution in [0, 0.1) is 5.92 Å². The summed E-state index contributed by atoms with van der Waals surface area (Å²) < 4.78 is 5.07. The van der Waals surface area contributed by atoms with Crippen LogP contribution < -0.4 is 10.1 Å². The molecule has 1 aromatic rings. The second-order valence-corrected chi connectivity index (χ2v) is 6.63. The van der Waals surface area contributed by atoms with E-state index < -0.39 is 22.8 Å². The number of aliphatic carboxylic acids is 1. The molecule has 1 aliphatic carbocycles. The van der Waals surface area contributed by atoms with Crippen LogP contribution in [0.25, 0.3) is 0 Å². The van der Waals surface area contributed by atoms with Gasteiger partial charge in [0, 0.05) is 0 Å². The molecule has 0 aliphatic heterocycles. The molecule has 23 heavy (non-hydrogen) atoms. The lowest BCUT2D eigenvalue weighted by Crippen LogP contribution is -2.56. The standard InChI is InChI=1S/C17H22ClNO4/c1-11-7-9-17(10-8-11,16(21)22)19-15(20)14(18)12-3-5-13(23-2)6-4-12/h3-6,11,14H,7-10H2,1-2H3,(H,19,20)(H,21,22). The maximum atomic E-state index is 12.4. The van der Waals surface area contributed by atoms with Crippen molar-refractivity contribution >= 4 is 23.5 Å². The Morgan fingerprint density at radius 2 is 1.87 bits per heavy atom. The van der Waals surface area contributed by atoms with E-state index in [0.29, 0.717) is 30.1 Å². The second kappa shape index (κ2) is 7.21. The second-order valence-electron chi connectivity index (χ2n) is 6.19. The average molecular weight is 340 g/mol. The van der Waals surface area contributed by atoms with E-state index in [0.717, 1.165) is 12.8 Å². The molecule has 126 valence electrons. The minimum atomic E-state index is -1.21. The van der Waals surface area contributed by atoms with Gasteiger partial charge in [-0.2, -0.15) is 0 Å². The van der Waals surface area contributed by atoms with E-state index in [1.165, 1.54) is 0 Å². The summed E-state index contributed by atoms with van der Waals surface area (Å²) in [5.41, 5.74) is -0.599. The van der Waals surface area contributed by atoms with Crippen molar-refractivity contribution in [3.63, 3.8) is 0 Å². The van der Waals surface area contributed by atoms with Gasteiger partial charge in [-0.3, -0.25) is 4.79 Å². The van der Waals surface area contributed by atoms with Gasteiger partial charge >= 0.3 is 5.97 Å². The fraction of sp³-hybridized carbons (Fsp3) is 0.529. The van der Waals surface area contributed by atoms with Gasteiger partial charge < -0.3 is 15.2 Å². The number of carboxylic acid groups (broad SMARTS) is 1. The van der Waals surface area contributed by atoms with Crippen molar-refractivity contribution in [1.29, 1.82) is 0 Å². The predicted molar refractivity (Wildman–Crippen MR) is 87.7 cm³/mol. The van der Waals surface area contributed by atoms with Crippen molar-refractivity contribution in [2.24, 2.45) is 5.92 Å². The van der Waals surface area contributed by atoms with Crippen LogP contribution in [0.3, 0.4) is 0 Å². The summed E-state index contributed by atoms with van der Waals surface area (Å²) >= 11 is 6.22. The number of halogens is 1. The van der Waals surface area contributed by atoms with Gasteiger partial charge in [-0.1, -0.05) is 19.1 Å². The van der Waals surface area contributed by atoms with Gasteiger partial charge in [-0.15, -0.1) is 11.6 Å². The molecule has 0 radical (unpaired) electrons. The van der Waals surface area contributed by atoms with Gasteiger partial charge in [0.1, 0.15) is 16.7 Å². The number of amides is 1. The van der Waals surface area contributed by atoms with E-state index >= 15 is 0 Å². The van der Waals surface area contributed by atoms with Gasteiger partial charge in [0.15, 0.2) is 0 Å². The minimum absolute atomic E-state index is 0.432.